The standard InChI is InChI=1S/C11H16N4/c12-8-5-9-1-2-10(6-8)15(9)11-7-13-3-4-14-11/h3-4,7-10H,1-2,5-6,12H2. The third kappa shape index (κ3) is 1.49. The number of anilines is 1. The lowest BCUT2D eigenvalue weighted by Crippen LogP contribution is -2.47. The summed E-state index contributed by atoms with van der Waals surface area (Å²) < 4.78 is 0. The molecular weight excluding hydrogens is 188 g/mol. The van der Waals surface area contributed by atoms with Gasteiger partial charge in [0.2, 0.25) is 0 Å². The summed E-state index contributed by atoms with van der Waals surface area (Å²) in [6.07, 6.45) is 10.1. The van der Waals surface area contributed by atoms with Crippen molar-refractivity contribution in [2.24, 2.45) is 5.73 Å². The minimum Gasteiger partial charge on any atom is -0.349 e. The predicted molar refractivity (Wildman–Crippen MR) is 58.5 cm³/mol. The highest BCUT2D eigenvalue weighted by molar-refractivity contribution is 5.41. The monoisotopic (exact) mass is 204 g/mol. The van der Waals surface area contributed by atoms with E-state index < -0.39 is 0 Å². The molecule has 4 heteroatoms. The summed E-state index contributed by atoms with van der Waals surface area (Å²) in [6.45, 7) is 0. The third-order valence-corrected chi connectivity index (χ3v) is 3.58. The van der Waals surface area contributed by atoms with E-state index in [0.717, 1.165) is 18.7 Å². The van der Waals surface area contributed by atoms with Crippen LogP contribution in [0.15, 0.2) is 18.6 Å². The fourth-order valence-electron chi connectivity index (χ4n) is 3.02. The van der Waals surface area contributed by atoms with Crippen molar-refractivity contribution in [1.82, 2.24) is 9.97 Å². The van der Waals surface area contributed by atoms with Crippen molar-refractivity contribution in [2.75, 3.05) is 4.90 Å². The van der Waals surface area contributed by atoms with Gasteiger partial charge in [-0.25, -0.2) is 4.98 Å². The molecule has 2 bridgehead atoms. The quantitative estimate of drug-likeness (QED) is 0.739. The van der Waals surface area contributed by atoms with E-state index >= 15 is 0 Å². The van der Waals surface area contributed by atoms with Gasteiger partial charge in [-0.2, -0.15) is 0 Å². The fraction of sp³-hybridized carbons (Fsp3) is 0.636. The molecule has 3 rings (SSSR count). The Balaban J connectivity index is 1.89. The second-order valence-electron chi connectivity index (χ2n) is 4.59. The molecule has 2 saturated heterocycles. The SMILES string of the molecule is NC1CC2CCC(C1)N2c1cnccn1. The van der Waals surface area contributed by atoms with Crippen molar-refractivity contribution in [2.45, 2.75) is 43.8 Å². The molecule has 1 aromatic heterocycles. The van der Waals surface area contributed by atoms with Gasteiger partial charge in [0, 0.05) is 30.5 Å². The lowest BCUT2D eigenvalue weighted by molar-refractivity contribution is 0.412. The van der Waals surface area contributed by atoms with E-state index in [4.69, 9.17) is 5.73 Å². The Hall–Kier alpha value is -1.16. The zero-order valence-electron chi connectivity index (χ0n) is 8.71. The first-order valence-corrected chi connectivity index (χ1v) is 5.64. The second kappa shape index (κ2) is 3.45. The Bertz CT molecular complexity index is 326. The topological polar surface area (TPSA) is 55.0 Å². The zero-order valence-corrected chi connectivity index (χ0v) is 8.71. The Kier molecular flexibility index (Phi) is 2.09. The molecule has 80 valence electrons. The molecule has 2 atom stereocenters. The maximum absolute atomic E-state index is 6.03. The third-order valence-electron chi connectivity index (χ3n) is 3.58. The number of hydrogen-bond acceptors (Lipinski definition) is 4. The number of rotatable bonds is 1. The van der Waals surface area contributed by atoms with E-state index in [-0.39, 0.29) is 0 Å². The second-order valence-corrected chi connectivity index (χ2v) is 4.59. The molecule has 2 aliphatic heterocycles. The van der Waals surface area contributed by atoms with Crippen LogP contribution in [0.1, 0.15) is 25.7 Å². The van der Waals surface area contributed by atoms with Crippen molar-refractivity contribution in [3.05, 3.63) is 18.6 Å². The molecule has 0 radical (unpaired) electrons. The van der Waals surface area contributed by atoms with Crippen molar-refractivity contribution >= 4 is 5.82 Å². The maximum atomic E-state index is 6.03. The minimum atomic E-state index is 0.385. The summed E-state index contributed by atoms with van der Waals surface area (Å²) in [7, 11) is 0. The summed E-state index contributed by atoms with van der Waals surface area (Å²) in [5.41, 5.74) is 6.03. The summed E-state index contributed by atoms with van der Waals surface area (Å²) in [6, 6.07) is 1.57. The predicted octanol–water partition coefficient (Wildman–Crippen LogP) is 0.935. The molecule has 2 fully saturated rings. The average Bonchev–Trinajstić information content (AvgIpc) is 2.53. The molecule has 0 amide bonds. The van der Waals surface area contributed by atoms with Crippen LogP contribution in [0.3, 0.4) is 0 Å². The smallest absolute Gasteiger partial charge is 0.147 e. The summed E-state index contributed by atoms with van der Waals surface area (Å²) in [5.74, 6) is 1.02. The summed E-state index contributed by atoms with van der Waals surface area (Å²) in [4.78, 5) is 11.0. The van der Waals surface area contributed by atoms with Gasteiger partial charge in [-0.3, -0.25) is 4.98 Å². The van der Waals surface area contributed by atoms with Crippen LogP contribution in [0.25, 0.3) is 0 Å². The normalized spacial score (nSPS) is 34.5. The van der Waals surface area contributed by atoms with Crippen molar-refractivity contribution in [1.29, 1.82) is 0 Å². The van der Waals surface area contributed by atoms with Crippen LogP contribution in [0.4, 0.5) is 5.82 Å². The minimum absolute atomic E-state index is 0.385. The highest BCUT2D eigenvalue weighted by Gasteiger charge is 2.40. The lowest BCUT2D eigenvalue weighted by Gasteiger charge is -2.38. The molecule has 2 unspecified atom stereocenters. The molecule has 4 nitrogen and oxygen atoms in total. The highest BCUT2D eigenvalue weighted by Crippen LogP contribution is 2.37. The van der Waals surface area contributed by atoms with E-state index in [0.29, 0.717) is 18.1 Å². The zero-order chi connectivity index (χ0) is 10.3. The van der Waals surface area contributed by atoms with Gasteiger partial charge < -0.3 is 10.6 Å². The largest absolute Gasteiger partial charge is 0.349 e. The number of fused-ring (bicyclic) bond motifs is 2. The Morgan fingerprint density at radius 2 is 1.93 bits per heavy atom. The molecule has 0 aliphatic carbocycles. The number of piperidine rings is 1. The fourth-order valence-corrected chi connectivity index (χ4v) is 3.02. The van der Waals surface area contributed by atoms with Crippen LogP contribution in [-0.4, -0.2) is 28.1 Å². The van der Waals surface area contributed by atoms with E-state index in [2.05, 4.69) is 14.9 Å². The molecule has 1 aromatic rings. The first-order valence-electron chi connectivity index (χ1n) is 5.64. The van der Waals surface area contributed by atoms with E-state index in [1.807, 2.05) is 6.20 Å². The Labute approximate surface area is 89.5 Å². The van der Waals surface area contributed by atoms with Crippen LogP contribution < -0.4 is 10.6 Å². The van der Waals surface area contributed by atoms with Crippen LogP contribution in [0.5, 0.6) is 0 Å². The molecule has 0 saturated carbocycles. The van der Waals surface area contributed by atoms with E-state index in [9.17, 15) is 0 Å². The van der Waals surface area contributed by atoms with Gasteiger partial charge in [-0.15, -0.1) is 0 Å². The van der Waals surface area contributed by atoms with Crippen LogP contribution in [-0.2, 0) is 0 Å². The van der Waals surface area contributed by atoms with Crippen molar-refractivity contribution < 1.29 is 0 Å². The summed E-state index contributed by atoms with van der Waals surface area (Å²) in [5, 5.41) is 0. The number of nitrogens with zero attached hydrogens (tertiary/aromatic N) is 3. The van der Waals surface area contributed by atoms with Crippen LogP contribution >= 0.6 is 0 Å². The number of nitrogens with two attached hydrogens (primary N) is 1. The first kappa shape index (κ1) is 9.09. The number of aromatic nitrogens is 2. The first-order chi connectivity index (χ1) is 7.34. The molecular formula is C11H16N4. The Morgan fingerprint density at radius 3 is 2.53 bits per heavy atom. The van der Waals surface area contributed by atoms with E-state index in [1.54, 1.807) is 12.4 Å². The van der Waals surface area contributed by atoms with Gasteiger partial charge in [0.1, 0.15) is 5.82 Å². The molecule has 0 spiro atoms. The molecule has 3 heterocycles. The molecule has 15 heavy (non-hydrogen) atoms. The van der Waals surface area contributed by atoms with Gasteiger partial charge >= 0.3 is 0 Å². The van der Waals surface area contributed by atoms with Crippen molar-refractivity contribution in [3.63, 3.8) is 0 Å². The maximum Gasteiger partial charge on any atom is 0.147 e. The van der Waals surface area contributed by atoms with Gasteiger partial charge in [0.25, 0.3) is 0 Å². The molecule has 2 N–H and O–H groups in total. The van der Waals surface area contributed by atoms with Gasteiger partial charge in [-0.1, -0.05) is 0 Å². The Morgan fingerprint density at radius 1 is 1.20 bits per heavy atom. The van der Waals surface area contributed by atoms with Crippen LogP contribution in [0, 0.1) is 0 Å². The van der Waals surface area contributed by atoms with E-state index in [1.165, 1.54) is 12.8 Å². The van der Waals surface area contributed by atoms with Gasteiger partial charge in [0.05, 0.1) is 6.20 Å². The van der Waals surface area contributed by atoms with Gasteiger partial charge in [-0.05, 0) is 25.7 Å². The molecule has 2 aliphatic rings. The highest BCUT2D eigenvalue weighted by atomic mass is 15.3. The van der Waals surface area contributed by atoms with Crippen LogP contribution in [0.2, 0.25) is 0 Å². The summed E-state index contributed by atoms with van der Waals surface area (Å²) >= 11 is 0. The van der Waals surface area contributed by atoms with Crippen molar-refractivity contribution in [3.8, 4) is 0 Å². The lowest BCUT2D eigenvalue weighted by atomic mass is 9.98. The molecule has 0 aromatic carbocycles. The average molecular weight is 204 g/mol. The van der Waals surface area contributed by atoms with Gasteiger partial charge in [0.15, 0.2) is 0 Å². The number of hydrogen-bond donors (Lipinski definition) is 1.